The molecule has 0 saturated heterocycles. The van der Waals surface area contributed by atoms with Gasteiger partial charge >= 0.3 is 0 Å². The highest BCUT2D eigenvalue weighted by molar-refractivity contribution is 5.85. The molecule has 4 nitrogen and oxygen atoms in total. The summed E-state index contributed by atoms with van der Waals surface area (Å²) in [4.78, 5) is 0. The Hall–Kier alpha value is -4.96. The van der Waals surface area contributed by atoms with Crippen molar-refractivity contribution < 1.29 is 9.15 Å². The van der Waals surface area contributed by atoms with Crippen molar-refractivity contribution in [3.05, 3.63) is 127 Å². The Morgan fingerprint density at radius 3 is 1.73 bits per heavy atom. The first kappa shape index (κ1) is 29.1. The molecule has 0 spiro atoms. The molecule has 0 saturated carbocycles. The van der Waals surface area contributed by atoms with Gasteiger partial charge in [0.1, 0.15) is 5.75 Å². The lowest BCUT2D eigenvalue weighted by Gasteiger charge is -2.11. The zero-order valence-corrected chi connectivity index (χ0v) is 25.3. The van der Waals surface area contributed by atoms with E-state index in [0.29, 0.717) is 11.8 Å². The number of benzene rings is 5. The van der Waals surface area contributed by atoms with Crippen LogP contribution in [0.5, 0.6) is 5.75 Å². The molecule has 5 aromatic carbocycles. The van der Waals surface area contributed by atoms with Crippen LogP contribution in [0.2, 0.25) is 0 Å². The fourth-order valence-electron chi connectivity index (χ4n) is 5.47. The van der Waals surface area contributed by atoms with Crippen molar-refractivity contribution in [1.29, 1.82) is 0 Å². The molecule has 1 aromatic heterocycles. The van der Waals surface area contributed by atoms with E-state index in [1.807, 2.05) is 36.4 Å². The summed E-state index contributed by atoms with van der Waals surface area (Å²) in [5.41, 5.74) is 8.49. The molecule has 0 amide bonds. The van der Waals surface area contributed by atoms with Gasteiger partial charge in [0.15, 0.2) is 0 Å². The van der Waals surface area contributed by atoms with Gasteiger partial charge in [-0.1, -0.05) is 136 Å². The van der Waals surface area contributed by atoms with Gasteiger partial charge in [0.05, 0.1) is 6.61 Å². The number of unbranched alkanes of at least 4 members (excludes halogenated alkanes) is 5. The lowest BCUT2D eigenvalue weighted by atomic mass is 9.93. The minimum absolute atomic E-state index is 0.484. The topological polar surface area (TPSA) is 48.2 Å². The normalized spacial score (nSPS) is 11.0. The van der Waals surface area contributed by atoms with Crippen molar-refractivity contribution in [1.82, 2.24) is 10.2 Å². The van der Waals surface area contributed by atoms with Gasteiger partial charge in [-0.05, 0) is 70.1 Å². The molecule has 0 fully saturated rings. The highest BCUT2D eigenvalue weighted by atomic mass is 16.5. The van der Waals surface area contributed by atoms with Crippen LogP contribution in [0.25, 0.3) is 56.3 Å². The van der Waals surface area contributed by atoms with Gasteiger partial charge in [0.25, 0.3) is 0 Å². The Labute approximate surface area is 260 Å². The fraction of sp³-hybridized carbons (Fsp3) is 0.200. The van der Waals surface area contributed by atoms with E-state index in [1.54, 1.807) is 0 Å². The van der Waals surface area contributed by atoms with Crippen LogP contribution in [-0.2, 0) is 0 Å². The van der Waals surface area contributed by atoms with Crippen molar-refractivity contribution in [3.63, 3.8) is 0 Å². The zero-order chi connectivity index (χ0) is 30.0. The number of hydrogen-bond donors (Lipinski definition) is 0. The average molecular weight is 579 g/mol. The third kappa shape index (κ3) is 7.15. The lowest BCUT2D eigenvalue weighted by molar-refractivity contribution is 0.304. The maximum Gasteiger partial charge on any atom is 0.248 e. The monoisotopic (exact) mass is 578 g/mol. The number of ether oxygens (including phenoxy) is 1. The maximum absolute atomic E-state index is 6.32. The van der Waals surface area contributed by atoms with Crippen molar-refractivity contribution >= 4 is 0 Å². The smallest absolute Gasteiger partial charge is 0.248 e. The Morgan fingerprint density at radius 1 is 0.477 bits per heavy atom. The van der Waals surface area contributed by atoms with Gasteiger partial charge in [0.2, 0.25) is 11.8 Å². The molecule has 0 aliphatic rings. The largest absolute Gasteiger partial charge is 0.494 e. The van der Waals surface area contributed by atoms with E-state index in [-0.39, 0.29) is 0 Å². The van der Waals surface area contributed by atoms with Crippen LogP contribution in [0, 0.1) is 0 Å². The third-order valence-electron chi connectivity index (χ3n) is 7.95. The number of aromatic nitrogens is 2. The number of rotatable bonds is 13. The SMILES string of the molecule is CCCCCCCCOc1ccc(-c2nnc(-c3cc(-c4ccccc4)ccc3-c3ccc(-c4ccccc4)cc3)o2)cc1. The standard InChI is InChI=1S/C40H38N2O2/c1-2-3-4-5-6-13-28-43-36-25-22-34(23-26-36)39-41-42-40(44-39)38-29-35(31-16-11-8-12-17-31)24-27-37(38)33-20-18-32(19-21-33)30-14-9-7-10-15-30/h7-12,14-27,29H,2-6,13,28H2,1H3. The second kappa shape index (κ2) is 14.5. The van der Waals surface area contributed by atoms with Gasteiger partial charge in [0, 0.05) is 11.1 Å². The van der Waals surface area contributed by atoms with Crippen LogP contribution in [-0.4, -0.2) is 16.8 Å². The second-order valence-electron chi connectivity index (χ2n) is 11.1. The Balaban J connectivity index is 1.24. The zero-order valence-electron chi connectivity index (χ0n) is 25.3. The molecular formula is C40H38N2O2. The van der Waals surface area contributed by atoms with Gasteiger partial charge in [-0.2, -0.15) is 0 Å². The van der Waals surface area contributed by atoms with Crippen LogP contribution >= 0.6 is 0 Å². The minimum Gasteiger partial charge on any atom is -0.494 e. The van der Waals surface area contributed by atoms with Crippen molar-refractivity contribution in [2.75, 3.05) is 6.61 Å². The van der Waals surface area contributed by atoms with E-state index in [4.69, 9.17) is 9.15 Å². The Bertz CT molecular complexity index is 1740. The average Bonchev–Trinajstić information content (AvgIpc) is 3.59. The Kier molecular flexibility index (Phi) is 9.58. The summed E-state index contributed by atoms with van der Waals surface area (Å²) in [6.45, 7) is 2.98. The first-order valence-corrected chi connectivity index (χ1v) is 15.7. The summed E-state index contributed by atoms with van der Waals surface area (Å²) in [6, 6.07) is 43.8. The van der Waals surface area contributed by atoms with Crippen molar-refractivity contribution in [2.45, 2.75) is 45.4 Å². The predicted octanol–water partition coefficient (Wildman–Crippen LogP) is 11.1. The number of nitrogens with zero attached hydrogens (tertiary/aromatic N) is 2. The summed E-state index contributed by atoms with van der Waals surface area (Å²) >= 11 is 0. The molecule has 44 heavy (non-hydrogen) atoms. The van der Waals surface area contributed by atoms with Crippen molar-refractivity contribution in [2.24, 2.45) is 0 Å². The summed E-state index contributed by atoms with van der Waals surface area (Å²) in [6.07, 6.45) is 7.49. The van der Waals surface area contributed by atoms with Gasteiger partial charge in [-0.3, -0.25) is 0 Å². The van der Waals surface area contributed by atoms with Gasteiger partial charge in [-0.25, -0.2) is 0 Å². The van der Waals surface area contributed by atoms with Crippen LogP contribution in [0.4, 0.5) is 0 Å². The molecule has 220 valence electrons. The van der Waals surface area contributed by atoms with E-state index in [1.165, 1.54) is 43.2 Å². The molecule has 0 atom stereocenters. The molecule has 0 unspecified atom stereocenters. The Morgan fingerprint density at radius 2 is 1.02 bits per heavy atom. The first-order valence-electron chi connectivity index (χ1n) is 15.7. The van der Waals surface area contributed by atoms with Crippen LogP contribution < -0.4 is 4.74 Å². The minimum atomic E-state index is 0.484. The van der Waals surface area contributed by atoms with E-state index in [9.17, 15) is 0 Å². The lowest BCUT2D eigenvalue weighted by Crippen LogP contribution is -1.97. The molecular weight excluding hydrogens is 540 g/mol. The second-order valence-corrected chi connectivity index (χ2v) is 11.1. The summed E-state index contributed by atoms with van der Waals surface area (Å²) in [5, 5.41) is 8.95. The van der Waals surface area contributed by atoms with Gasteiger partial charge in [-0.15, -0.1) is 10.2 Å². The molecule has 0 aliphatic carbocycles. The molecule has 4 heteroatoms. The van der Waals surface area contributed by atoms with Crippen LogP contribution in [0.15, 0.2) is 132 Å². The number of hydrogen-bond acceptors (Lipinski definition) is 4. The van der Waals surface area contributed by atoms with E-state index in [2.05, 4.69) is 108 Å². The van der Waals surface area contributed by atoms with Crippen LogP contribution in [0.1, 0.15) is 45.4 Å². The molecule has 0 aliphatic heterocycles. The van der Waals surface area contributed by atoms with Crippen LogP contribution in [0.3, 0.4) is 0 Å². The molecule has 0 N–H and O–H groups in total. The van der Waals surface area contributed by atoms with E-state index in [0.717, 1.165) is 52.2 Å². The molecule has 6 aromatic rings. The molecule has 6 rings (SSSR count). The van der Waals surface area contributed by atoms with Crippen molar-refractivity contribution in [3.8, 4) is 62.0 Å². The fourth-order valence-corrected chi connectivity index (χ4v) is 5.47. The molecule has 1 heterocycles. The third-order valence-corrected chi connectivity index (χ3v) is 7.95. The predicted molar refractivity (Wildman–Crippen MR) is 180 cm³/mol. The highest BCUT2D eigenvalue weighted by Gasteiger charge is 2.17. The van der Waals surface area contributed by atoms with E-state index >= 15 is 0 Å². The van der Waals surface area contributed by atoms with E-state index < -0.39 is 0 Å². The first-order chi connectivity index (χ1) is 21.8. The summed E-state index contributed by atoms with van der Waals surface area (Å²) < 4.78 is 12.3. The summed E-state index contributed by atoms with van der Waals surface area (Å²) in [5.74, 6) is 1.83. The molecule has 0 radical (unpaired) electrons. The van der Waals surface area contributed by atoms with Gasteiger partial charge < -0.3 is 9.15 Å². The maximum atomic E-state index is 6.32. The quantitative estimate of drug-likeness (QED) is 0.128. The molecule has 0 bridgehead atoms. The summed E-state index contributed by atoms with van der Waals surface area (Å²) in [7, 11) is 0. The highest BCUT2D eigenvalue weighted by Crippen LogP contribution is 2.37.